The first-order valence-electron chi connectivity index (χ1n) is 10.6. The Labute approximate surface area is 187 Å². The third kappa shape index (κ3) is 5.81. The first kappa shape index (κ1) is 21.3. The predicted molar refractivity (Wildman–Crippen MR) is 125 cm³/mol. The Morgan fingerprint density at radius 2 is 1.87 bits per heavy atom. The maximum atomic E-state index is 13.0. The van der Waals surface area contributed by atoms with Crippen LogP contribution in [0.3, 0.4) is 0 Å². The van der Waals surface area contributed by atoms with Crippen molar-refractivity contribution in [1.82, 2.24) is 15.3 Å². The van der Waals surface area contributed by atoms with E-state index in [1.54, 1.807) is 12.1 Å². The van der Waals surface area contributed by atoms with E-state index in [4.69, 9.17) is 11.6 Å². The van der Waals surface area contributed by atoms with Crippen LogP contribution < -0.4 is 16.0 Å². The number of para-hydroxylation sites is 1. The average Bonchev–Trinajstić information content (AvgIpc) is 2.82. The molecule has 1 aromatic carbocycles. The van der Waals surface area contributed by atoms with Gasteiger partial charge in [0.05, 0.1) is 10.6 Å². The van der Waals surface area contributed by atoms with Gasteiger partial charge in [-0.15, -0.1) is 0 Å². The van der Waals surface area contributed by atoms with Gasteiger partial charge in [0.25, 0.3) is 5.91 Å². The van der Waals surface area contributed by atoms with Crippen LogP contribution in [0.2, 0.25) is 5.02 Å². The van der Waals surface area contributed by atoms with E-state index in [0.29, 0.717) is 22.3 Å². The summed E-state index contributed by atoms with van der Waals surface area (Å²) < 4.78 is 0. The molecule has 1 unspecified atom stereocenters. The van der Waals surface area contributed by atoms with E-state index in [-0.39, 0.29) is 11.9 Å². The maximum Gasteiger partial charge on any atom is 0.258 e. The molecule has 1 aliphatic rings. The van der Waals surface area contributed by atoms with Crippen molar-refractivity contribution < 1.29 is 4.79 Å². The zero-order chi connectivity index (χ0) is 21.5. The number of carbonyl (C=O) groups is 1. The van der Waals surface area contributed by atoms with Crippen molar-refractivity contribution in [2.24, 2.45) is 5.92 Å². The summed E-state index contributed by atoms with van der Waals surface area (Å²) in [4.78, 5) is 21.7. The number of nitrogens with one attached hydrogen (secondary N) is 3. The molecular formula is C24H26ClN5O. The van der Waals surface area contributed by atoms with Crippen molar-refractivity contribution >= 4 is 29.0 Å². The van der Waals surface area contributed by atoms with Crippen LogP contribution in [0.25, 0.3) is 0 Å². The van der Waals surface area contributed by atoms with Crippen molar-refractivity contribution in [3.8, 4) is 0 Å². The van der Waals surface area contributed by atoms with Gasteiger partial charge < -0.3 is 16.0 Å². The molecular weight excluding hydrogens is 410 g/mol. The predicted octanol–water partition coefficient (Wildman–Crippen LogP) is 4.41. The van der Waals surface area contributed by atoms with Gasteiger partial charge in [0, 0.05) is 36.2 Å². The zero-order valence-electron chi connectivity index (χ0n) is 17.2. The smallest absolute Gasteiger partial charge is 0.258 e. The lowest BCUT2D eigenvalue weighted by Gasteiger charge is -2.32. The maximum absolute atomic E-state index is 13.0. The minimum Gasteiger partial charge on any atom is -0.381 e. The van der Waals surface area contributed by atoms with Gasteiger partial charge in [-0.2, -0.15) is 0 Å². The number of anilines is 2. The Morgan fingerprint density at radius 1 is 1.06 bits per heavy atom. The number of benzene rings is 1. The van der Waals surface area contributed by atoms with E-state index in [0.717, 1.165) is 43.7 Å². The number of nitrogens with zero attached hydrogens (tertiary/aromatic N) is 2. The van der Waals surface area contributed by atoms with Crippen molar-refractivity contribution in [2.75, 3.05) is 23.7 Å². The molecule has 0 bridgehead atoms. The highest BCUT2D eigenvalue weighted by molar-refractivity contribution is 6.30. The van der Waals surface area contributed by atoms with Crippen LogP contribution >= 0.6 is 11.6 Å². The molecule has 1 amide bonds. The largest absolute Gasteiger partial charge is 0.381 e. The summed E-state index contributed by atoms with van der Waals surface area (Å²) in [5.41, 5.74) is 2.44. The fourth-order valence-corrected chi connectivity index (χ4v) is 4.08. The summed E-state index contributed by atoms with van der Waals surface area (Å²) in [5.74, 6) is 0.754. The number of rotatable bonds is 7. The lowest BCUT2D eigenvalue weighted by Crippen LogP contribution is -2.39. The molecule has 0 spiro atoms. The normalized spacial score (nSPS) is 15.3. The van der Waals surface area contributed by atoms with Crippen molar-refractivity contribution in [3.05, 3.63) is 83.3 Å². The molecule has 1 saturated heterocycles. The van der Waals surface area contributed by atoms with E-state index in [9.17, 15) is 4.79 Å². The van der Waals surface area contributed by atoms with Crippen molar-refractivity contribution in [2.45, 2.75) is 25.3 Å². The zero-order valence-corrected chi connectivity index (χ0v) is 18.0. The Kier molecular flexibility index (Phi) is 7.12. The second-order valence-corrected chi connectivity index (χ2v) is 8.16. The molecule has 2 aromatic heterocycles. The molecule has 3 aromatic rings. The summed E-state index contributed by atoms with van der Waals surface area (Å²) in [5, 5.41) is 10.5. The van der Waals surface area contributed by atoms with Crippen LogP contribution in [0, 0.1) is 5.92 Å². The molecule has 0 aliphatic carbocycles. The SMILES string of the molecule is O=C(Nc1ccc(Cl)cn1)c1ccccc1NC(Cc1ccccn1)C1CCNCC1. The topological polar surface area (TPSA) is 78.9 Å². The molecule has 1 fully saturated rings. The molecule has 3 N–H and O–H groups in total. The molecule has 4 rings (SSSR count). The van der Waals surface area contributed by atoms with Gasteiger partial charge in [0.1, 0.15) is 5.82 Å². The number of hydrogen-bond acceptors (Lipinski definition) is 5. The van der Waals surface area contributed by atoms with E-state index in [2.05, 4.69) is 32.0 Å². The number of aromatic nitrogens is 2. The molecule has 3 heterocycles. The van der Waals surface area contributed by atoms with Gasteiger partial charge in [0.2, 0.25) is 0 Å². The van der Waals surface area contributed by atoms with E-state index in [1.165, 1.54) is 6.20 Å². The third-order valence-electron chi connectivity index (χ3n) is 5.59. The average molecular weight is 436 g/mol. The van der Waals surface area contributed by atoms with Crippen LogP contribution in [-0.4, -0.2) is 35.0 Å². The summed E-state index contributed by atoms with van der Waals surface area (Å²) in [7, 11) is 0. The van der Waals surface area contributed by atoms with Gasteiger partial charge in [-0.3, -0.25) is 9.78 Å². The fraction of sp³-hybridized carbons (Fsp3) is 0.292. The summed E-state index contributed by atoms with van der Waals surface area (Å²) in [6, 6.07) is 17.2. The molecule has 0 radical (unpaired) electrons. The third-order valence-corrected chi connectivity index (χ3v) is 5.81. The van der Waals surface area contributed by atoms with Crippen molar-refractivity contribution in [3.63, 3.8) is 0 Å². The highest BCUT2D eigenvalue weighted by Crippen LogP contribution is 2.25. The van der Waals surface area contributed by atoms with Crippen LogP contribution in [0.15, 0.2) is 67.0 Å². The summed E-state index contributed by atoms with van der Waals surface area (Å²) >= 11 is 5.89. The van der Waals surface area contributed by atoms with Gasteiger partial charge in [-0.25, -0.2) is 4.98 Å². The molecule has 31 heavy (non-hydrogen) atoms. The number of carbonyl (C=O) groups excluding carboxylic acids is 1. The number of hydrogen-bond donors (Lipinski definition) is 3. The lowest BCUT2D eigenvalue weighted by atomic mass is 9.87. The van der Waals surface area contributed by atoms with Gasteiger partial charge in [-0.05, 0) is 68.2 Å². The van der Waals surface area contributed by atoms with Gasteiger partial charge >= 0.3 is 0 Å². The standard InChI is InChI=1S/C24H26ClN5O/c25-18-8-9-23(28-16-18)30-24(31)20-6-1-2-7-21(20)29-22(17-10-13-26-14-11-17)15-19-5-3-4-12-27-19/h1-9,12,16-17,22,26,29H,10-11,13-15H2,(H,28,30,31). The van der Waals surface area contributed by atoms with E-state index < -0.39 is 0 Å². The Hall–Kier alpha value is -2.96. The molecule has 6 nitrogen and oxygen atoms in total. The van der Waals surface area contributed by atoms with Crippen molar-refractivity contribution in [1.29, 1.82) is 0 Å². The van der Waals surface area contributed by atoms with E-state index >= 15 is 0 Å². The van der Waals surface area contributed by atoms with Crippen LogP contribution in [0.5, 0.6) is 0 Å². The fourth-order valence-electron chi connectivity index (χ4n) is 3.97. The second kappa shape index (κ2) is 10.4. The first-order valence-corrected chi connectivity index (χ1v) is 11.0. The van der Waals surface area contributed by atoms with Gasteiger partial charge in [0.15, 0.2) is 0 Å². The summed E-state index contributed by atoms with van der Waals surface area (Å²) in [6.07, 6.45) is 6.33. The van der Waals surface area contributed by atoms with Crippen LogP contribution in [0.1, 0.15) is 28.9 Å². The van der Waals surface area contributed by atoms with Gasteiger partial charge in [-0.1, -0.05) is 29.8 Å². The van der Waals surface area contributed by atoms with Crippen LogP contribution in [0.4, 0.5) is 11.5 Å². The summed E-state index contributed by atoms with van der Waals surface area (Å²) in [6.45, 7) is 2.02. The number of pyridine rings is 2. The quantitative estimate of drug-likeness (QED) is 0.512. The molecule has 7 heteroatoms. The molecule has 0 saturated carbocycles. The van der Waals surface area contributed by atoms with Crippen LogP contribution in [-0.2, 0) is 6.42 Å². The number of halogens is 1. The monoisotopic (exact) mass is 435 g/mol. The Balaban J connectivity index is 1.55. The highest BCUT2D eigenvalue weighted by Gasteiger charge is 2.25. The molecule has 160 valence electrons. The lowest BCUT2D eigenvalue weighted by molar-refractivity contribution is 0.102. The molecule has 1 atom stereocenters. The molecule has 1 aliphatic heterocycles. The second-order valence-electron chi connectivity index (χ2n) is 7.72. The number of amides is 1. The Bertz CT molecular complexity index is 990. The van der Waals surface area contributed by atoms with E-state index in [1.807, 2.05) is 42.6 Å². The Morgan fingerprint density at radius 3 is 2.61 bits per heavy atom. The number of piperidine rings is 1. The minimum absolute atomic E-state index is 0.180. The first-order chi connectivity index (χ1) is 15.2. The minimum atomic E-state index is -0.209. The highest BCUT2D eigenvalue weighted by atomic mass is 35.5.